The zero-order valence-corrected chi connectivity index (χ0v) is 10.9. The standard InChI is InChI=1S/C15H16ClN/c1-11-4-3-5-14(8-11)17-10-13-7-6-12(2)15(16)9-13/h3-9,17H,10H2,1-2H3. The largest absolute Gasteiger partial charge is 0.381 e. The van der Waals surface area contributed by atoms with Crippen LogP contribution < -0.4 is 5.32 Å². The summed E-state index contributed by atoms with van der Waals surface area (Å²) < 4.78 is 0. The number of hydrogen-bond donors (Lipinski definition) is 1. The van der Waals surface area contributed by atoms with Gasteiger partial charge in [0.15, 0.2) is 0 Å². The van der Waals surface area contributed by atoms with Crippen LogP contribution >= 0.6 is 11.6 Å². The Labute approximate surface area is 107 Å². The van der Waals surface area contributed by atoms with Crippen LogP contribution in [0.25, 0.3) is 0 Å². The normalized spacial score (nSPS) is 10.3. The van der Waals surface area contributed by atoms with E-state index in [1.807, 2.05) is 13.0 Å². The lowest BCUT2D eigenvalue weighted by atomic mass is 10.1. The number of rotatable bonds is 3. The first-order chi connectivity index (χ1) is 8.15. The first kappa shape index (κ1) is 12.0. The van der Waals surface area contributed by atoms with Gasteiger partial charge in [0.2, 0.25) is 0 Å². The van der Waals surface area contributed by atoms with Gasteiger partial charge in [-0.3, -0.25) is 0 Å². The van der Waals surface area contributed by atoms with Crippen molar-refractivity contribution in [2.24, 2.45) is 0 Å². The highest BCUT2D eigenvalue weighted by molar-refractivity contribution is 6.31. The molecule has 88 valence electrons. The number of hydrogen-bond acceptors (Lipinski definition) is 1. The lowest BCUT2D eigenvalue weighted by Gasteiger charge is -2.08. The summed E-state index contributed by atoms with van der Waals surface area (Å²) in [5, 5.41) is 4.22. The van der Waals surface area contributed by atoms with Crippen LogP contribution in [0.3, 0.4) is 0 Å². The predicted octanol–water partition coefficient (Wildman–Crippen LogP) is 4.57. The Balaban J connectivity index is 2.05. The summed E-state index contributed by atoms with van der Waals surface area (Å²) in [6, 6.07) is 14.5. The summed E-state index contributed by atoms with van der Waals surface area (Å²) in [5.74, 6) is 0. The van der Waals surface area contributed by atoms with Crippen LogP contribution in [0.1, 0.15) is 16.7 Å². The summed E-state index contributed by atoms with van der Waals surface area (Å²) in [4.78, 5) is 0. The first-order valence-corrected chi connectivity index (χ1v) is 6.08. The van der Waals surface area contributed by atoms with Crippen molar-refractivity contribution in [2.45, 2.75) is 20.4 Å². The molecule has 2 heteroatoms. The third-order valence-electron chi connectivity index (χ3n) is 2.75. The van der Waals surface area contributed by atoms with Crippen molar-refractivity contribution in [1.82, 2.24) is 0 Å². The molecule has 1 nitrogen and oxygen atoms in total. The molecule has 0 radical (unpaired) electrons. The number of benzene rings is 2. The van der Waals surface area contributed by atoms with E-state index in [-0.39, 0.29) is 0 Å². The van der Waals surface area contributed by atoms with Crippen LogP contribution in [0, 0.1) is 13.8 Å². The van der Waals surface area contributed by atoms with Gasteiger partial charge in [0.05, 0.1) is 0 Å². The highest BCUT2D eigenvalue weighted by Crippen LogP contribution is 2.18. The molecule has 1 N–H and O–H groups in total. The second kappa shape index (κ2) is 5.24. The van der Waals surface area contributed by atoms with E-state index in [4.69, 9.17) is 11.6 Å². The van der Waals surface area contributed by atoms with Gasteiger partial charge in [0, 0.05) is 17.3 Å². The van der Waals surface area contributed by atoms with E-state index >= 15 is 0 Å². The predicted molar refractivity (Wildman–Crippen MR) is 74.7 cm³/mol. The molecule has 0 saturated carbocycles. The van der Waals surface area contributed by atoms with Gasteiger partial charge in [-0.2, -0.15) is 0 Å². The van der Waals surface area contributed by atoms with E-state index < -0.39 is 0 Å². The molecule has 0 atom stereocenters. The molecule has 2 aromatic carbocycles. The molecule has 0 aliphatic rings. The summed E-state index contributed by atoms with van der Waals surface area (Å²) >= 11 is 6.09. The summed E-state index contributed by atoms with van der Waals surface area (Å²) in [7, 11) is 0. The Morgan fingerprint density at radius 3 is 2.59 bits per heavy atom. The van der Waals surface area contributed by atoms with Gasteiger partial charge in [-0.1, -0.05) is 35.9 Å². The first-order valence-electron chi connectivity index (χ1n) is 5.71. The Kier molecular flexibility index (Phi) is 3.70. The van der Waals surface area contributed by atoms with Crippen molar-refractivity contribution >= 4 is 17.3 Å². The minimum atomic E-state index is 0.795. The Hall–Kier alpha value is -1.47. The molecule has 2 aromatic rings. The van der Waals surface area contributed by atoms with Gasteiger partial charge in [0.25, 0.3) is 0 Å². The fourth-order valence-electron chi connectivity index (χ4n) is 1.71. The molecule has 0 aliphatic carbocycles. The van der Waals surface area contributed by atoms with Crippen molar-refractivity contribution in [3.8, 4) is 0 Å². The Morgan fingerprint density at radius 1 is 1.06 bits per heavy atom. The number of anilines is 1. The molecular formula is C15H16ClN. The molecule has 0 aromatic heterocycles. The maximum absolute atomic E-state index is 6.09. The van der Waals surface area contributed by atoms with Crippen molar-refractivity contribution in [3.05, 3.63) is 64.2 Å². The quantitative estimate of drug-likeness (QED) is 0.835. The third kappa shape index (κ3) is 3.24. The van der Waals surface area contributed by atoms with Crippen molar-refractivity contribution in [3.63, 3.8) is 0 Å². The van der Waals surface area contributed by atoms with E-state index in [2.05, 4.69) is 48.6 Å². The lowest BCUT2D eigenvalue weighted by molar-refractivity contribution is 1.14. The van der Waals surface area contributed by atoms with Crippen LogP contribution in [0.5, 0.6) is 0 Å². The molecular weight excluding hydrogens is 230 g/mol. The van der Waals surface area contributed by atoms with Crippen LogP contribution in [0.15, 0.2) is 42.5 Å². The van der Waals surface area contributed by atoms with Crippen LogP contribution in [0.2, 0.25) is 5.02 Å². The molecule has 0 spiro atoms. The third-order valence-corrected chi connectivity index (χ3v) is 3.16. The van der Waals surface area contributed by atoms with E-state index in [9.17, 15) is 0 Å². The van der Waals surface area contributed by atoms with Gasteiger partial charge >= 0.3 is 0 Å². The summed E-state index contributed by atoms with van der Waals surface area (Å²) in [6.45, 7) is 4.90. The molecule has 0 amide bonds. The zero-order valence-electron chi connectivity index (χ0n) is 10.1. The number of halogens is 1. The highest BCUT2D eigenvalue weighted by Gasteiger charge is 1.98. The van der Waals surface area contributed by atoms with Gasteiger partial charge in [-0.05, 0) is 48.7 Å². The monoisotopic (exact) mass is 245 g/mol. The highest BCUT2D eigenvalue weighted by atomic mass is 35.5. The molecule has 0 unspecified atom stereocenters. The van der Waals surface area contributed by atoms with E-state index in [1.54, 1.807) is 0 Å². The SMILES string of the molecule is Cc1cccc(NCc2ccc(C)c(Cl)c2)c1. The van der Waals surface area contributed by atoms with Crippen molar-refractivity contribution in [1.29, 1.82) is 0 Å². The minimum absolute atomic E-state index is 0.795. The molecule has 2 rings (SSSR count). The molecule has 0 saturated heterocycles. The second-order valence-corrected chi connectivity index (χ2v) is 4.71. The minimum Gasteiger partial charge on any atom is -0.381 e. The van der Waals surface area contributed by atoms with E-state index in [0.717, 1.165) is 22.8 Å². The molecule has 0 heterocycles. The summed E-state index contributed by atoms with van der Waals surface area (Å²) in [6.07, 6.45) is 0. The maximum Gasteiger partial charge on any atom is 0.0438 e. The number of aryl methyl sites for hydroxylation is 2. The average Bonchev–Trinajstić information content (AvgIpc) is 2.31. The molecule has 0 fully saturated rings. The zero-order chi connectivity index (χ0) is 12.3. The van der Waals surface area contributed by atoms with Gasteiger partial charge in [0.1, 0.15) is 0 Å². The average molecular weight is 246 g/mol. The Morgan fingerprint density at radius 2 is 1.88 bits per heavy atom. The second-order valence-electron chi connectivity index (χ2n) is 4.31. The molecule has 17 heavy (non-hydrogen) atoms. The topological polar surface area (TPSA) is 12.0 Å². The smallest absolute Gasteiger partial charge is 0.0438 e. The van der Waals surface area contributed by atoms with E-state index in [0.29, 0.717) is 0 Å². The van der Waals surface area contributed by atoms with Gasteiger partial charge in [-0.25, -0.2) is 0 Å². The van der Waals surface area contributed by atoms with Crippen molar-refractivity contribution in [2.75, 3.05) is 5.32 Å². The van der Waals surface area contributed by atoms with E-state index in [1.165, 1.54) is 11.1 Å². The van der Waals surface area contributed by atoms with Crippen LogP contribution in [0.4, 0.5) is 5.69 Å². The molecule has 0 aliphatic heterocycles. The number of nitrogens with one attached hydrogen (secondary N) is 1. The summed E-state index contributed by atoms with van der Waals surface area (Å²) in [5.41, 5.74) is 4.71. The van der Waals surface area contributed by atoms with Gasteiger partial charge < -0.3 is 5.32 Å². The Bertz CT molecular complexity index is 520. The van der Waals surface area contributed by atoms with Gasteiger partial charge in [-0.15, -0.1) is 0 Å². The van der Waals surface area contributed by atoms with Crippen molar-refractivity contribution < 1.29 is 0 Å². The lowest BCUT2D eigenvalue weighted by Crippen LogP contribution is -1.99. The van der Waals surface area contributed by atoms with Crippen LogP contribution in [-0.4, -0.2) is 0 Å². The maximum atomic E-state index is 6.09. The molecule has 0 bridgehead atoms. The van der Waals surface area contributed by atoms with Crippen LogP contribution in [-0.2, 0) is 6.54 Å². The fraction of sp³-hybridized carbons (Fsp3) is 0.200. The fourth-order valence-corrected chi connectivity index (χ4v) is 1.91.